The molecule has 0 aromatic heterocycles. The summed E-state index contributed by atoms with van der Waals surface area (Å²) < 4.78 is 42.1. The van der Waals surface area contributed by atoms with Crippen LogP contribution < -0.4 is 10.2 Å². The van der Waals surface area contributed by atoms with Crippen molar-refractivity contribution in [3.05, 3.63) is 63.7 Å². The number of sulfonamides is 1. The van der Waals surface area contributed by atoms with Crippen molar-refractivity contribution in [3.8, 4) is 0 Å². The number of hydrogen-bond donors (Lipinski definition) is 1. The summed E-state index contributed by atoms with van der Waals surface area (Å²) in [6.45, 7) is 7.87. The van der Waals surface area contributed by atoms with Gasteiger partial charge in [-0.2, -0.15) is 4.31 Å². The number of nitrogens with one attached hydrogen (secondary N) is 1. The zero-order valence-electron chi connectivity index (χ0n) is 19.4. The first-order valence-electron chi connectivity index (χ1n) is 11.5. The van der Waals surface area contributed by atoms with E-state index in [4.69, 9.17) is 18.2 Å². The van der Waals surface area contributed by atoms with E-state index in [1.165, 1.54) is 33.5 Å². The lowest BCUT2D eigenvalue weighted by molar-refractivity contribution is -0.136. The van der Waals surface area contributed by atoms with Crippen LogP contribution in [0.15, 0.2) is 35.2 Å². The monoisotopic (exact) mass is 545 g/mol. The lowest BCUT2D eigenvalue weighted by atomic mass is 10.0. The van der Waals surface area contributed by atoms with Crippen LogP contribution in [-0.2, 0) is 26.2 Å². The molecule has 13 heteroatoms. The average Bonchev–Trinajstić information content (AvgIpc) is 3.19. The summed E-state index contributed by atoms with van der Waals surface area (Å²) in [5.41, 5.74) is 1.35. The maximum Gasteiger partial charge on any atom is 0.255 e. The van der Waals surface area contributed by atoms with Gasteiger partial charge in [-0.3, -0.25) is 19.7 Å². The number of carbonyl (C=O) groups excluding carboxylic acids is 3. The van der Waals surface area contributed by atoms with Gasteiger partial charge < -0.3 is 9.80 Å². The lowest BCUT2D eigenvalue weighted by Gasteiger charge is -2.36. The fourth-order valence-electron chi connectivity index (χ4n) is 4.95. The van der Waals surface area contributed by atoms with Crippen LogP contribution in [0.5, 0.6) is 0 Å². The molecule has 37 heavy (non-hydrogen) atoms. The number of hydrogen-bond acceptors (Lipinski definition) is 6. The third-order valence-electron chi connectivity index (χ3n) is 6.85. The summed E-state index contributed by atoms with van der Waals surface area (Å²) in [6.07, 6.45) is 0.305. The number of carbonyl (C=O) groups is 3. The maximum absolute atomic E-state index is 14.6. The highest BCUT2D eigenvalue weighted by molar-refractivity contribution is 7.89. The molecule has 2 aromatic rings. The smallest absolute Gasteiger partial charge is 0.255 e. The van der Waals surface area contributed by atoms with Crippen LogP contribution in [0.4, 0.5) is 15.8 Å². The van der Waals surface area contributed by atoms with Gasteiger partial charge in [0.1, 0.15) is 11.9 Å². The third kappa shape index (κ3) is 4.43. The summed E-state index contributed by atoms with van der Waals surface area (Å²) in [6, 6.07) is 5.59. The molecule has 3 aliphatic rings. The Bertz CT molecular complexity index is 1480. The van der Waals surface area contributed by atoms with Gasteiger partial charge in [-0.05, 0) is 24.6 Å². The Morgan fingerprint density at radius 3 is 2.46 bits per heavy atom. The SMILES string of the molecule is [C-]#[N+]c1ccc(S(=O)(=O)N2CCN(c3cc(F)cc4c3CN(C3CCC(=O)NC3=O)C4=O)CC2)cc1Cl. The molecule has 1 N–H and O–H groups in total. The van der Waals surface area contributed by atoms with Gasteiger partial charge in [-0.25, -0.2) is 17.7 Å². The van der Waals surface area contributed by atoms with E-state index >= 15 is 0 Å². The molecule has 0 radical (unpaired) electrons. The number of fused-ring (bicyclic) bond motifs is 1. The number of piperazine rings is 1. The highest BCUT2D eigenvalue weighted by Gasteiger charge is 2.41. The van der Waals surface area contributed by atoms with Crippen molar-refractivity contribution in [2.24, 2.45) is 0 Å². The summed E-state index contributed by atoms with van der Waals surface area (Å²) in [4.78, 5) is 43.3. The molecule has 192 valence electrons. The number of amides is 3. The van der Waals surface area contributed by atoms with Crippen LogP contribution in [0, 0.1) is 12.4 Å². The Balaban J connectivity index is 1.35. The lowest BCUT2D eigenvalue weighted by Crippen LogP contribution is -2.52. The van der Waals surface area contributed by atoms with Crippen LogP contribution in [0.2, 0.25) is 5.02 Å². The van der Waals surface area contributed by atoms with Crippen molar-refractivity contribution >= 4 is 50.7 Å². The molecule has 3 heterocycles. The highest BCUT2D eigenvalue weighted by atomic mass is 35.5. The molecule has 10 nitrogen and oxygen atoms in total. The second-order valence-electron chi connectivity index (χ2n) is 8.97. The van der Waals surface area contributed by atoms with Crippen molar-refractivity contribution in [3.63, 3.8) is 0 Å². The molecule has 0 spiro atoms. The Labute approximate surface area is 217 Å². The van der Waals surface area contributed by atoms with Gasteiger partial charge in [0.05, 0.1) is 11.5 Å². The zero-order valence-corrected chi connectivity index (χ0v) is 21.0. The van der Waals surface area contributed by atoms with Crippen LogP contribution in [0.25, 0.3) is 4.85 Å². The van der Waals surface area contributed by atoms with Gasteiger partial charge in [0.2, 0.25) is 27.5 Å². The third-order valence-corrected chi connectivity index (χ3v) is 9.05. The molecule has 2 saturated heterocycles. The number of benzene rings is 2. The quantitative estimate of drug-likeness (QED) is 0.466. The Morgan fingerprint density at radius 2 is 1.81 bits per heavy atom. The summed E-state index contributed by atoms with van der Waals surface area (Å²) in [5.74, 6) is -2.04. The Hall–Kier alpha value is -3.53. The molecule has 2 aromatic carbocycles. The fourth-order valence-corrected chi connectivity index (χ4v) is 6.68. The minimum Gasteiger partial charge on any atom is -0.369 e. The molecule has 1 unspecified atom stereocenters. The molecular weight excluding hydrogens is 525 g/mol. The standard InChI is InChI=1S/C24H21ClFN5O5S/c1-27-19-3-2-15(12-18(19)25)37(35,36)30-8-6-29(7-9-30)21-11-14(26)10-16-17(21)13-31(24(16)34)20-4-5-22(32)28-23(20)33/h2-3,10-12,20H,4-9,13H2,(H,28,32,33). The number of rotatable bonds is 4. The summed E-state index contributed by atoms with van der Waals surface area (Å²) in [5, 5.41) is 2.29. The van der Waals surface area contributed by atoms with Crippen LogP contribution >= 0.6 is 11.6 Å². The van der Waals surface area contributed by atoms with Gasteiger partial charge >= 0.3 is 0 Å². The van der Waals surface area contributed by atoms with E-state index in [9.17, 15) is 27.2 Å². The Morgan fingerprint density at radius 1 is 1.08 bits per heavy atom. The van der Waals surface area contributed by atoms with Crippen LogP contribution in [-0.4, -0.2) is 67.6 Å². The zero-order chi connectivity index (χ0) is 26.5. The summed E-state index contributed by atoms with van der Waals surface area (Å²) >= 11 is 6.03. The molecule has 5 rings (SSSR count). The van der Waals surface area contributed by atoms with Crippen molar-refractivity contribution in [1.29, 1.82) is 0 Å². The van der Waals surface area contributed by atoms with Gasteiger partial charge in [0.25, 0.3) is 5.91 Å². The fraction of sp³-hybridized carbons (Fsp3) is 0.333. The average molecular weight is 546 g/mol. The number of halogens is 2. The second kappa shape index (κ2) is 9.41. The number of anilines is 1. The maximum atomic E-state index is 14.6. The van der Waals surface area contributed by atoms with Crippen LogP contribution in [0.3, 0.4) is 0 Å². The van der Waals surface area contributed by atoms with E-state index in [0.717, 1.165) is 6.07 Å². The van der Waals surface area contributed by atoms with Gasteiger partial charge in [0.15, 0.2) is 0 Å². The molecule has 0 saturated carbocycles. The van der Waals surface area contributed by atoms with Gasteiger partial charge in [0, 0.05) is 61.0 Å². The van der Waals surface area contributed by atoms with E-state index in [1.54, 1.807) is 0 Å². The van der Waals surface area contributed by atoms with E-state index < -0.39 is 39.6 Å². The molecule has 3 aliphatic heterocycles. The van der Waals surface area contributed by atoms with Crippen molar-refractivity contribution in [2.75, 3.05) is 31.1 Å². The first kappa shape index (κ1) is 25.1. The van der Waals surface area contributed by atoms with E-state index in [2.05, 4.69) is 10.2 Å². The number of imide groups is 1. The molecule has 2 fully saturated rings. The minimum atomic E-state index is -3.87. The van der Waals surface area contributed by atoms with Crippen molar-refractivity contribution in [1.82, 2.24) is 14.5 Å². The van der Waals surface area contributed by atoms with E-state index in [0.29, 0.717) is 11.3 Å². The second-order valence-corrected chi connectivity index (χ2v) is 11.3. The van der Waals surface area contributed by atoms with E-state index in [-0.39, 0.29) is 66.7 Å². The molecule has 0 aliphatic carbocycles. The topological polar surface area (TPSA) is 111 Å². The molecule has 3 amide bonds. The first-order valence-corrected chi connectivity index (χ1v) is 13.3. The number of piperidine rings is 1. The molecular formula is C24H21ClFN5O5S. The first-order chi connectivity index (χ1) is 17.6. The molecule has 1 atom stereocenters. The van der Waals surface area contributed by atoms with Crippen molar-refractivity contribution < 1.29 is 27.2 Å². The normalized spacial score (nSPS) is 20.6. The minimum absolute atomic E-state index is 0.0181. The van der Waals surface area contributed by atoms with Gasteiger partial charge in [-0.1, -0.05) is 23.7 Å². The predicted molar refractivity (Wildman–Crippen MR) is 131 cm³/mol. The largest absolute Gasteiger partial charge is 0.369 e. The predicted octanol–water partition coefficient (Wildman–Crippen LogP) is 2.30. The highest BCUT2D eigenvalue weighted by Crippen LogP contribution is 2.36. The van der Waals surface area contributed by atoms with Crippen molar-refractivity contribution in [2.45, 2.75) is 30.3 Å². The number of nitrogens with zero attached hydrogens (tertiary/aromatic N) is 4. The molecule has 0 bridgehead atoms. The Kier molecular flexibility index (Phi) is 6.39. The van der Waals surface area contributed by atoms with Gasteiger partial charge in [-0.15, -0.1) is 0 Å². The van der Waals surface area contributed by atoms with Crippen LogP contribution in [0.1, 0.15) is 28.8 Å². The van der Waals surface area contributed by atoms with E-state index in [1.807, 2.05) is 4.90 Å². The summed E-state index contributed by atoms with van der Waals surface area (Å²) in [7, 11) is -3.87.